The first kappa shape index (κ1) is 10.2. The van der Waals surface area contributed by atoms with Gasteiger partial charge in [-0.1, -0.05) is 0 Å². The molecule has 0 saturated heterocycles. The minimum Gasteiger partial charge on any atom is -0.264 e. The fraction of sp³-hybridized carbons (Fsp3) is 0.500. The number of nitrogens with zero attached hydrogens (tertiary/aromatic N) is 2. The highest BCUT2D eigenvalue weighted by atomic mass is 16.5. The average molecular weight is 181 g/mol. The van der Waals surface area contributed by atoms with Crippen molar-refractivity contribution < 1.29 is 5.21 Å². The largest absolute Gasteiger partial charge is 0.264 e. The van der Waals surface area contributed by atoms with Crippen molar-refractivity contribution in [2.24, 2.45) is 0 Å². The van der Waals surface area contributed by atoms with E-state index in [0.717, 1.165) is 5.69 Å². The van der Waals surface area contributed by atoms with Crippen molar-refractivity contribution in [1.82, 2.24) is 9.63 Å². The summed E-state index contributed by atoms with van der Waals surface area (Å²) < 4.78 is -0.129. The lowest BCUT2D eigenvalue weighted by Gasteiger charge is -2.37. The third kappa shape index (κ3) is 1.87. The van der Waals surface area contributed by atoms with Crippen LogP contribution < -0.4 is 4.65 Å². The molecule has 0 fully saturated rings. The zero-order valence-corrected chi connectivity index (χ0v) is 8.65. The molecule has 0 saturated carbocycles. The van der Waals surface area contributed by atoms with Crippen LogP contribution in [-0.4, -0.2) is 22.8 Å². The van der Waals surface area contributed by atoms with Crippen molar-refractivity contribution >= 4 is 5.69 Å². The molecule has 0 bridgehead atoms. The van der Waals surface area contributed by atoms with Crippen molar-refractivity contribution in [2.45, 2.75) is 26.3 Å². The van der Waals surface area contributed by atoms with Gasteiger partial charge in [-0.15, -0.1) is 4.65 Å². The molecule has 0 radical (unpaired) electrons. The van der Waals surface area contributed by atoms with E-state index in [-0.39, 0.29) is 10.2 Å². The van der Waals surface area contributed by atoms with Gasteiger partial charge in [-0.05, 0) is 20.8 Å². The molecule has 1 atom stereocenters. The van der Waals surface area contributed by atoms with E-state index in [9.17, 15) is 5.21 Å². The Bertz CT molecular complexity index is 275. The SMILES string of the molecule is CC(C)(C)[N+](C)(O)c1ccncc1. The fourth-order valence-electron chi connectivity index (χ4n) is 1.02. The third-order valence-corrected chi connectivity index (χ3v) is 2.47. The molecule has 1 aromatic rings. The molecule has 0 aliphatic carbocycles. The van der Waals surface area contributed by atoms with Gasteiger partial charge in [0.1, 0.15) is 12.6 Å². The highest BCUT2D eigenvalue weighted by Gasteiger charge is 2.37. The minimum absolute atomic E-state index is 0.129. The molecule has 0 aromatic carbocycles. The van der Waals surface area contributed by atoms with E-state index in [0.29, 0.717) is 0 Å². The van der Waals surface area contributed by atoms with E-state index < -0.39 is 0 Å². The molecule has 13 heavy (non-hydrogen) atoms. The molecule has 3 heteroatoms. The Labute approximate surface area is 79.2 Å². The molecule has 0 aliphatic heterocycles. The van der Waals surface area contributed by atoms with Crippen LogP contribution in [0, 0.1) is 0 Å². The molecule has 3 nitrogen and oxygen atoms in total. The van der Waals surface area contributed by atoms with Gasteiger partial charge >= 0.3 is 0 Å². The normalized spacial score (nSPS) is 16.7. The smallest absolute Gasteiger partial charge is 0.168 e. The quantitative estimate of drug-likeness (QED) is 0.532. The minimum atomic E-state index is -0.235. The zero-order valence-electron chi connectivity index (χ0n) is 8.65. The Balaban J connectivity index is 3.08. The Morgan fingerprint density at radius 2 is 1.69 bits per heavy atom. The molecule has 72 valence electrons. The van der Waals surface area contributed by atoms with Crippen molar-refractivity contribution in [1.29, 1.82) is 0 Å². The summed E-state index contributed by atoms with van der Waals surface area (Å²) in [6.07, 6.45) is 3.38. The molecule has 0 aliphatic rings. The maximum absolute atomic E-state index is 10.2. The van der Waals surface area contributed by atoms with Gasteiger partial charge in [-0.3, -0.25) is 4.98 Å². The molecule has 1 unspecified atom stereocenters. The summed E-state index contributed by atoms with van der Waals surface area (Å²) in [4.78, 5) is 3.92. The van der Waals surface area contributed by atoms with Gasteiger partial charge < -0.3 is 0 Å². The van der Waals surface area contributed by atoms with E-state index in [1.54, 1.807) is 19.4 Å². The Morgan fingerprint density at radius 1 is 1.23 bits per heavy atom. The lowest BCUT2D eigenvalue weighted by Crippen LogP contribution is -2.56. The van der Waals surface area contributed by atoms with Gasteiger partial charge in [0.15, 0.2) is 5.69 Å². The van der Waals surface area contributed by atoms with Crippen molar-refractivity contribution in [3.8, 4) is 0 Å². The predicted octanol–water partition coefficient (Wildman–Crippen LogP) is 2.21. The maximum Gasteiger partial charge on any atom is 0.168 e. The standard InChI is InChI=1S/C10H17N2O/c1-10(2,3)12(4,13)9-5-7-11-8-6-9/h5-8,13H,1-4H3/q+1. The van der Waals surface area contributed by atoms with Crippen LogP contribution in [-0.2, 0) is 0 Å². The van der Waals surface area contributed by atoms with Crippen LogP contribution in [0.25, 0.3) is 0 Å². The first-order valence-electron chi connectivity index (χ1n) is 4.35. The molecular weight excluding hydrogens is 164 g/mol. The average Bonchev–Trinajstić information content (AvgIpc) is 2.04. The van der Waals surface area contributed by atoms with Crippen LogP contribution in [0.5, 0.6) is 0 Å². The monoisotopic (exact) mass is 181 g/mol. The lowest BCUT2D eigenvalue weighted by atomic mass is 10.1. The van der Waals surface area contributed by atoms with E-state index in [1.165, 1.54) is 0 Å². The highest BCUT2D eigenvalue weighted by molar-refractivity contribution is 5.39. The number of rotatable bonds is 1. The van der Waals surface area contributed by atoms with Crippen LogP contribution in [0.2, 0.25) is 0 Å². The molecule has 0 spiro atoms. The predicted molar refractivity (Wildman–Crippen MR) is 53.5 cm³/mol. The highest BCUT2D eigenvalue weighted by Crippen LogP contribution is 2.27. The summed E-state index contributed by atoms with van der Waals surface area (Å²) in [5.41, 5.74) is 0.615. The lowest BCUT2D eigenvalue weighted by molar-refractivity contribution is -0.121. The second kappa shape index (κ2) is 3.09. The van der Waals surface area contributed by atoms with Crippen LogP contribution in [0.1, 0.15) is 20.8 Å². The Hall–Kier alpha value is -0.930. The number of pyridine rings is 1. The molecular formula is C10H17N2O+. The topological polar surface area (TPSA) is 33.1 Å². The maximum atomic E-state index is 10.2. The first-order valence-corrected chi connectivity index (χ1v) is 4.35. The summed E-state index contributed by atoms with van der Waals surface area (Å²) in [5.74, 6) is 0. The second-order valence-corrected chi connectivity index (χ2v) is 4.34. The van der Waals surface area contributed by atoms with Crippen LogP contribution in [0.15, 0.2) is 24.5 Å². The molecule has 1 heterocycles. The summed E-state index contributed by atoms with van der Waals surface area (Å²) >= 11 is 0. The van der Waals surface area contributed by atoms with Gasteiger partial charge in [-0.25, -0.2) is 5.21 Å². The van der Waals surface area contributed by atoms with Crippen molar-refractivity contribution in [3.05, 3.63) is 24.5 Å². The molecule has 1 aromatic heterocycles. The number of hydrogen-bond acceptors (Lipinski definition) is 2. The molecule has 0 amide bonds. The number of hydroxylamine groups is 2. The van der Waals surface area contributed by atoms with E-state index in [2.05, 4.69) is 4.98 Å². The van der Waals surface area contributed by atoms with E-state index >= 15 is 0 Å². The van der Waals surface area contributed by atoms with Gasteiger partial charge in [0.25, 0.3) is 0 Å². The number of aromatic nitrogens is 1. The Morgan fingerprint density at radius 3 is 2.08 bits per heavy atom. The summed E-state index contributed by atoms with van der Waals surface area (Å²) in [6.45, 7) is 5.98. The summed E-state index contributed by atoms with van der Waals surface area (Å²) in [7, 11) is 1.77. The summed E-state index contributed by atoms with van der Waals surface area (Å²) in [6, 6.07) is 3.65. The number of hydrogen-bond donors (Lipinski definition) is 1. The Kier molecular flexibility index (Phi) is 2.41. The van der Waals surface area contributed by atoms with Gasteiger partial charge in [0.2, 0.25) is 0 Å². The van der Waals surface area contributed by atoms with Crippen LogP contribution in [0.4, 0.5) is 5.69 Å². The van der Waals surface area contributed by atoms with Gasteiger partial charge in [0, 0.05) is 24.5 Å². The van der Waals surface area contributed by atoms with Crippen molar-refractivity contribution in [2.75, 3.05) is 7.05 Å². The molecule has 1 rings (SSSR count). The van der Waals surface area contributed by atoms with Crippen molar-refractivity contribution in [3.63, 3.8) is 0 Å². The summed E-state index contributed by atoms with van der Waals surface area (Å²) in [5, 5.41) is 10.2. The molecule has 1 N–H and O–H groups in total. The van der Waals surface area contributed by atoms with Crippen LogP contribution >= 0.6 is 0 Å². The van der Waals surface area contributed by atoms with Gasteiger partial charge in [-0.2, -0.15) is 0 Å². The third-order valence-electron chi connectivity index (χ3n) is 2.47. The van der Waals surface area contributed by atoms with E-state index in [4.69, 9.17) is 0 Å². The number of quaternary nitrogens is 1. The van der Waals surface area contributed by atoms with Crippen LogP contribution in [0.3, 0.4) is 0 Å². The zero-order chi connectivity index (χ0) is 10.1. The van der Waals surface area contributed by atoms with E-state index in [1.807, 2.05) is 32.9 Å². The first-order chi connectivity index (χ1) is 5.86. The second-order valence-electron chi connectivity index (χ2n) is 4.34. The fourth-order valence-corrected chi connectivity index (χ4v) is 1.02. The van der Waals surface area contributed by atoms with Gasteiger partial charge in [0.05, 0.1) is 0 Å².